The first-order valence-electron chi connectivity index (χ1n) is 10.5. The molecule has 0 saturated heterocycles. The standard InChI is InChI=1S/C23H24N4O8/c1-5-35-22(29)20-19(24-25-26(20)13-14-6-9-16(32-2)10-7-14)21(28)17-11-8-15(23(33-3)34-4)12-18(17)27(30)31/h6-12,23H,5,13H2,1-4H3. The molecule has 0 radical (unpaired) electrons. The Morgan fingerprint density at radius 2 is 1.77 bits per heavy atom. The summed E-state index contributed by atoms with van der Waals surface area (Å²) in [5.74, 6) is -1.03. The molecule has 35 heavy (non-hydrogen) atoms. The van der Waals surface area contributed by atoms with Gasteiger partial charge in [-0.2, -0.15) is 0 Å². The summed E-state index contributed by atoms with van der Waals surface area (Å²) in [6.45, 7) is 1.76. The van der Waals surface area contributed by atoms with Crippen molar-refractivity contribution in [3.8, 4) is 5.75 Å². The topological polar surface area (TPSA) is 145 Å². The number of ether oxygens (including phenoxy) is 4. The number of nitrogens with zero attached hydrogens (tertiary/aromatic N) is 4. The molecular formula is C23H24N4O8. The molecule has 2 aromatic carbocycles. The highest BCUT2D eigenvalue weighted by Gasteiger charge is 2.32. The van der Waals surface area contributed by atoms with Crippen molar-refractivity contribution in [2.75, 3.05) is 27.9 Å². The molecule has 0 saturated carbocycles. The summed E-state index contributed by atoms with van der Waals surface area (Å²) >= 11 is 0. The molecule has 1 aromatic heterocycles. The SMILES string of the molecule is CCOC(=O)c1c(C(=O)c2ccc(C(OC)OC)cc2[N+](=O)[O-])nnn1Cc1ccc(OC)cc1. The molecule has 0 aliphatic carbocycles. The maximum Gasteiger partial charge on any atom is 0.359 e. The molecule has 0 aliphatic rings. The summed E-state index contributed by atoms with van der Waals surface area (Å²) in [6.07, 6.45) is -0.863. The monoisotopic (exact) mass is 484 g/mol. The molecule has 0 fully saturated rings. The molecule has 12 nitrogen and oxygen atoms in total. The largest absolute Gasteiger partial charge is 0.497 e. The Kier molecular flexibility index (Phi) is 8.23. The lowest BCUT2D eigenvalue weighted by molar-refractivity contribution is -0.385. The molecular weight excluding hydrogens is 460 g/mol. The zero-order valence-corrected chi connectivity index (χ0v) is 19.6. The van der Waals surface area contributed by atoms with Gasteiger partial charge in [0.1, 0.15) is 11.3 Å². The van der Waals surface area contributed by atoms with Crippen molar-refractivity contribution in [3.05, 3.63) is 80.7 Å². The van der Waals surface area contributed by atoms with Gasteiger partial charge in [0.25, 0.3) is 5.69 Å². The van der Waals surface area contributed by atoms with E-state index in [2.05, 4.69) is 10.3 Å². The number of methoxy groups -OCH3 is 3. The first-order chi connectivity index (χ1) is 16.8. The Hall–Kier alpha value is -4.16. The minimum Gasteiger partial charge on any atom is -0.497 e. The maximum atomic E-state index is 13.4. The van der Waals surface area contributed by atoms with E-state index in [0.29, 0.717) is 11.3 Å². The van der Waals surface area contributed by atoms with E-state index in [1.165, 1.54) is 37.1 Å². The first kappa shape index (κ1) is 25.5. The van der Waals surface area contributed by atoms with Crippen LogP contribution in [0.25, 0.3) is 0 Å². The number of nitro benzene ring substituents is 1. The maximum absolute atomic E-state index is 13.4. The summed E-state index contributed by atoms with van der Waals surface area (Å²) < 4.78 is 21.7. The second-order valence-electron chi connectivity index (χ2n) is 7.18. The van der Waals surface area contributed by atoms with Crippen LogP contribution in [0.5, 0.6) is 5.75 Å². The summed E-state index contributed by atoms with van der Waals surface area (Å²) in [6, 6.07) is 10.9. The second-order valence-corrected chi connectivity index (χ2v) is 7.18. The molecule has 0 aliphatic heterocycles. The molecule has 3 aromatic rings. The molecule has 1 heterocycles. The molecule has 0 amide bonds. The Labute approximate surface area is 200 Å². The number of rotatable bonds is 11. The van der Waals surface area contributed by atoms with Crippen LogP contribution in [0.2, 0.25) is 0 Å². The summed E-state index contributed by atoms with van der Waals surface area (Å²) in [5.41, 5.74) is -0.244. The minimum atomic E-state index is -0.863. The summed E-state index contributed by atoms with van der Waals surface area (Å²) in [7, 11) is 4.30. The van der Waals surface area contributed by atoms with Gasteiger partial charge in [0.05, 0.1) is 25.2 Å². The van der Waals surface area contributed by atoms with Crippen molar-refractivity contribution in [3.63, 3.8) is 0 Å². The number of hydrogen-bond acceptors (Lipinski definition) is 10. The van der Waals surface area contributed by atoms with Crippen molar-refractivity contribution in [2.24, 2.45) is 0 Å². The van der Waals surface area contributed by atoms with Crippen LogP contribution in [-0.2, 0) is 20.8 Å². The Bertz CT molecular complexity index is 1220. The van der Waals surface area contributed by atoms with Crippen LogP contribution in [0.4, 0.5) is 5.69 Å². The number of carbonyl (C=O) groups is 2. The summed E-state index contributed by atoms with van der Waals surface area (Å²) in [4.78, 5) is 37.2. The quantitative estimate of drug-likeness (QED) is 0.131. The fraction of sp³-hybridized carbons (Fsp3) is 0.304. The Balaban J connectivity index is 2.05. The van der Waals surface area contributed by atoms with Crippen LogP contribution in [-0.4, -0.2) is 59.6 Å². The number of hydrogen-bond donors (Lipinski definition) is 0. The number of nitro groups is 1. The lowest BCUT2D eigenvalue weighted by Gasteiger charge is -2.14. The molecule has 0 unspecified atom stereocenters. The van der Waals surface area contributed by atoms with E-state index in [1.807, 2.05) is 0 Å². The zero-order chi connectivity index (χ0) is 25.5. The van der Waals surface area contributed by atoms with Gasteiger partial charge in [-0.25, -0.2) is 9.48 Å². The molecule has 0 spiro atoms. The van der Waals surface area contributed by atoms with Gasteiger partial charge in [-0.15, -0.1) is 5.10 Å². The number of aromatic nitrogens is 3. The molecule has 12 heteroatoms. The fourth-order valence-electron chi connectivity index (χ4n) is 3.42. The van der Waals surface area contributed by atoms with Crippen LogP contribution in [0, 0.1) is 10.1 Å². The van der Waals surface area contributed by atoms with Crippen LogP contribution in [0.3, 0.4) is 0 Å². The number of esters is 1. The number of ketones is 1. The van der Waals surface area contributed by atoms with Crippen molar-refractivity contribution in [1.82, 2.24) is 15.0 Å². The van der Waals surface area contributed by atoms with Crippen molar-refractivity contribution in [2.45, 2.75) is 19.8 Å². The van der Waals surface area contributed by atoms with Crippen molar-refractivity contribution < 1.29 is 33.5 Å². The van der Waals surface area contributed by atoms with Gasteiger partial charge in [0, 0.05) is 25.8 Å². The molecule has 0 atom stereocenters. The van der Waals surface area contributed by atoms with E-state index >= 15 is 0 Å². The van der Waals surface area contributed by atoms with Gasteiger partial charge >= 0.3 is 5.97 Å². The third-order valence-electron chi connectivity index (χ3n) is 5.07. The van der Waals surface area contributed by atoms with Gasteiger partial charge in [-0.3, -0.25) is 14.9 Å². The highest BCUT2D eigenvalue weighted by molar-refractivity contribution is 6.14. The van der Waals surface area contributed by atoms with Gasteiger partial charge in [-0.1, -0.05) is 23.4 Å². The number of carbonyl (C=O) groups excluding carboxylic acids is 2. The first-order valence-corrected chi connectivity index (χ1v) is 10.5. The lowest BCUT2D eigenvalue weighted by atomic mass is 10.0. The van der Waals surface area contributed by atoms with Gasteiger partial charge in [0.15, 0.2) is 17.7 Å². The minimum absolute atomic E-state index is 0.0461. The molecule has 184 valence electrons. The highest BCUT2D eigenvalue weighted by Crippen LogP contribution is 2.28. The normalized spacial score (nSPS) is 10.9. The van der Waals surface area contributed by atoms with E-state index in [9.17, 15) is 19.7 Å². The van der Waals surface area contributed by atoms with Crippen LogP contribution in [0.1, 0.15) is 50.9 Å². The third kappa shape index (κ3) is 5.50. The number of benzene rings is 2. The fourth-order valence-corrected chi connectivity index (χ4v) is 3.42. The molecule has 0 N–H and O–H groups in total. The Morgan fingerprint density at radius 1 is 1.09 bits per heavy atom. The second kappa shape index (κ2) is 11.3. The van der Waals surface area contributed by atoms with E-state index in [1.54, 1.807) is 38.3 Å². The van der Waals surface area contributed by atoms with Crippen molar-refractivity contribution in [1.29, 1.82) is 0 Å². The highest BCUT2D eigenvalue weighted by atomic mass is 16.7. The van der Waals surface area contributed by atoms with Gasteiger partial charge in [-0.05, 0) is 30.7 Å². The summed E-state index contributed by atoms with van der Waals surface area (Å²) in [5, 5.41) is 19.6. The zero-order valence-electron chi connectivity index (χ0n) is 19.6. The van der Waals surface area contributed by atoms with E-state index in [4.69, 9.17) is 18.9 Å². The third-order valence-corrected chi connectivity index (χ3v) is 5.07. The van der Waals surface area contributed by atoms with E-state index in [0.717, 1.165) is 5.56 Å². The average Bonchev–Trinajstić information content (AvgIpc) is 3.28. The van der Waals surface area contributed by atoms with Crippen molar-refractivity contribution >= 4 is 17.4 Å². The van der Waals surface area contributed by atoms with Crippen LogP contribution >= 0.6 is 0 Å². The smallest absolute Gasteiger partial charge is 0.359 e. The Morgan fingerprint density at radius 3 is 2.34 bits per heavy atom. The lowest BCUT2D eigenvalue weighted by Crippen LogP contribution is -2.18. The molecule has 3 rings (SSSR count). The van der Waals surface area contributed by atoms with Crippen LogP contribution in [0.15, 0.2) is 42.5 Å². The van der Waals surface area contributed by atoms with Crippen LogP contribution < -0.4 is 4.74 Å². The van der Waals surface area contributed by atoms with E-state index in [-0.39, 0.29) is 30.1 Å². The predicted octanol–water partition coefficient (Wildman–Crippen LogP) is 2.94. The van der Waals surface area contributed by atoms with Gasteiger partial charge < -0.3 is 18.9 Å². The van der Waals surface area contributed by atoms with E-state index < -0.39 is 28.7 Å². The predicted molar refractivity (Wildman–Crippen MR) is 121 cm³/mol. The average molecular weight is 484 g/mol. The van der Waals surface area contributed by atoms with Gasteiger partial charge in [0.2, 0.25) is 5.78 Å². The molecule has 0 bridgehead atoms.